The number of nitrogens with one attached hydrogen (secondary N) is 1. The fourth-order valence-corrected chi connectivity index (χ4v) is 3.84. The molecule has 1 N–H and O–H groups in total. The average Bonchev–Trinajstić information content (AvgIpc) is 3.02. The second-order valence-electron chi connectivity index (χ2n) is 7.04. The summed E-state index contributed by atoms with van der Waals surface area (Å²) in [7, 11) is 1.49. The van der Waals surface area contributed by atoms with Crippen molar-refractivity contribution in [2.45, 2.75) is 13.8 Å². The summed E-state index contributed by atoms with van der Waals surface area (Å²) in [5.41, 5.74) is 3.17. The van der Waals surface area contributed by atoms with Gasteiger partial charge in [0.05, 0.1) is 12.0 Å². The van der Waals surface area contributed by atoms with Crippen molar-refractivity contribution < 1.29 is 23.9 Å². The van der Waals surface area contributed by atoms with Crippen molar-refractivity contribution in [2.75, 3.05) is 25.6 Å². The molecule has 0 saturated carbocycles. The van der Waals surface area contributed by atoms with Gasteiger partial charge in [0.2, 0.25) is 5.91 Å². The molecule has 8 heteroatoms. The summed E-state index contributed by atoms with van der Waals surface area (Å²) in [6, 6.07) is 10.7. The number of amides is 3. The van der Waals surface area contributed by atoms with E-state index >= 15 is 0 Å². The van der Waals surface area contributed by atoms with E-state index in [-0.39, 0.29) is 18.1 Å². The van der Waals surface area contributed by atoms with Crippen LogP contribution in [0.25, 0.3) is 6.08 Å². The van der Waals surface area contributed by atoms with Crippen LogP contribution in [0.2, 0.25) is 0 Å². The largest absolute Gasteiger partial charge is 0.493 e. The van der Waals surface area contributed by atoms with Crippen molar-refractivity contribution in [1.29, 1.82) is 0 Å². The van der Waals surface area contributed by atoms with Crippen LogP contribution in [0, 0.1) is 26.2 Å². The predicted molar refractivity (Wildman–Crippen MR) is 125 cm³/mol. The quantitative estimate of drug-likeness (QED) is 0.507. The van der Waals surface area contributed by atoms with Crippen LogP contribution < -0.4 is 14.8 Å². The standard InChI is InChI=1S/C24H22N2O5S/c1-5-10-31-19-9-8-17(12-20(19)30-4)13-21-23(28)26(24(29)32-21)14-22(27)25-18-11-15(2)6-7-16(18)3/h1,6-9,11-13H,10,14H2,2-4H3,(H,25,27)/b21-13-. The molecule has 1 fully saturated rings. The first-order valence-corrected chi connectivity index (χ1v) is 10.5. The van der Waals surface area contributed by atoms with E-state index in [2.05, 4.69) is 11.2 Å². The molecule has 0 unspecified atom stereocenters. The number of thioether (sulfide) groups is 1. The number of methoxy groups -OCH3 is 1. The monoisotopic (exact) mass is 450 g/mol. The van der Waals surface area contributed by atoms with E-state index in [4.69, 9.17) is 15.9 Å². The maximum atomic E-state index is 12.7. The maximum absolute atomic E-state index is 12.7. The molecule has 2 aromatic carbocycles. The summed E-state index contributed by atoms with van der Waals surface area (Å²) in [5, 5.41) is 2.26. The first kappa shape index (κ1) is 23.0. The van der Waals surface area contributed by atoms with Crippen LogP contribution in [0.5, 0.6) is 11.5 Å². The van der Waals surface area contributed by atoms with Gasteiger partial charge in [0.1, 0.15) is 13.2 Å². The summed E-state index contributed by atoms with van der Waals surface area (Å²) < 4.78 is 10.7. The summed E-state index contributed by atoms with van der Waals surface area (Å²) in [5.74, 6) is 2.33. The minimum absolute atomic E-state index is 0.0960. The van der Waals surface area contributed by atoms with E-state index < -0.39 is 17.1 Å². The van der Waals surface area contributed by atoms with Crippen LogP contribution in [-0.4, -0.2) is 42.2 Å². The Kier molecular flexibility index (Phi) is 7.23. The molecule has 0 bridgehead atoms. The van der Waals surface area contributed by atoms with Gasteiger partial charge in [0, 0.05) is 5.69 Å². The Morgan fingerprint density at radius 2 is 1.97 bits per heavy atom. The second kappa shape index (κ2) is 10.1. The second-order valence-corrected chi connectivity index (χ2v) is 8.03. The van der Waals surface area contributed by atoms with Crippen molar-refractivity contribution >= 4 is 40.6 Å². The van der Waals surface area contributed by atoms with Gasteiger partial charge in [-0.05, 0) is 66.6 Å². The number of anilines is 1. The number of carbonyl (C=O) groups is 3. The third-order valence-corrected chi connectivity index (χ3v) is 5.55. The lowest BCUT2D eigenvalue weighted by Gasteiger charge is -2.14. The highest BCUT2D eigenvalue weighted by Gasteiger charge is 2.36. The number of terminal acetylenes is 1. The minimum atomic E-state index is -0.525. The molecule has 0 spiro atoms. The maximum Gasteiger partial charge on any atom is 0.294 e. The molecular formula is C24H22N2O5S. The molecule has 1 aliphatic rings. The van der Waals surface area contributed by atoms with Crippen molar-refractivity contribution in [3.05, 3.63) is 58.0 Å². The molecule has 1 heterocycles. The average molecular weight is 451 g/mol. The highest BCUT2D eigenvalue weighted by molar-refractivity contribution is 8.18. The summed E-state index contributed by atoms with van der Waals surface area (Å²) >= 11 is 0.782. The van der Waals surface area contributed by atoms with E-state index in [9.17, 15) is 14.4 Å². The fraction of sp³-hybridized carbons (Fsp3) is 0.208. The van der Waals surface area contributed by atoms with Crippen LogP contribution in [0.4, 0.5) is 10.5 Å². The summed E-state index contributed by atoms with van der Waals surface area (Å²) in [6.45, 7) is 3.52. The number of imide groups is 1. The smallest absolute Gasteiger partial charge is 0.294 e. The number of nitrogens with zero attached hydrogens (tertiary/aromatic N) is 1. The molecule has 1 saturated heterocycles. The molecule has 164 valence electrons. The van der Waals surface area contributed by atoms with E-state index in [0.29, 0.717) is 22.7 Å². The van der Waals surface area contributed by atoms with Crippen molar-refractivity contribution in [1.82, 2.24) is 4.90 Å². The van der Waals surface area contributed by atoms with Crippen LogP contribution in [0.15, 0.2) is 41.3 Å². The number of hydrogen-bond acceptors (Lipinski definition) is 6. The topological polar surface area (TPSA) is 84.9 Å². The van der Waals surface area contributed by atoms with Gasteiger partial charge in [-0.25, -0.2) is 0 Å². The first-order valence-electron chi connectivity index (χ1n) is 9.69. The zero-order valence-corrected chi connectivity index (χ0v) is 18.7. The Hall–Kier alpha value is -3.70. The van der Waals surface area contributed by atoms with Crippen molar-refractivity contribution in [2.24, 2.45) is 0 Å². The van der Waals surface area contributed by atoms with E-state index in [1.54, 1.807) is 24.3 Å². The van der Waals surface area contributed by atoms with Crippen LogP contribution in [0.1, 0.15) is 16.7 Å². The summed E-state index contributed by atoms with van der Waals surface area (Å²) in [4.78, 5) is 38.7. The van der Waals surface area contributed by atoms with Crippen LogP contribution in [0.3, 0.4) is 0 Å². The molecule has 1 aliphatic heterocycles. The van der Waals surface area contributed by atoms with Gasteiger partial charge in [-0.3, -0.25) is 19.3 Å². The zero-order valence-electron chi connectivity index (χ0n) is 17.9. The molecular weight excluding hydrogens is 428 g/mol. The number of carbonyl (C=O) groups excluding carboxylic acids is 3. The molecule has 0 aliphatic carbocycles. The highest BCUT2D eigenvalue weighted by Crippen LogP contribution is 2.34. The van der Waals surface area contributed by atoms with Gasteiger partial charge in [0.25, 0.3) is 11.1 Å². The van der Waals surface area contributed by atoms with Crippen LogP contribution in [-0.2, 0) is 9.59 Å². The first-order chi connectivity index (χ1) is 15.3. The van der Waals surface area contributed by atoms with Crippen molar-refractivity contribution in [3.63, 3.8) is 0 Å². The third kappa shape index (κ3) is 5.31. The zero-order chi connectivity index (χ0) is 23.3. The molecule has 0 radical (unpaired) electrons. The normalized spacial score (nSPS) is 14.4. The third-order valence-electron chi connectivity index (χ3n) is 4.64. The van der Waals surface area contributed by atoms with Crippen LogP contribution >= 0.6 is 11.8 Å². The Balaban J connectivity index is 1.72. The van der Waals surface area contributed by atoms with Gasteiger partial charge >= 0.3 is 0 Å². The van der Waals surface area contributed by atoms with E-state index in [1.165, 1.54) is 7.11 Å². The minimum Gasteiger partial charge on any atom is -0.493 e. The van der Waals surface area contributed by atoms with Gasteiger partial charge in [0.15, 0.2) is 11.5 Å². The number of rotatable bonds is 7. The molecule has 0 aromatic heterocycles. The number of aryl methyl sites for hydroxylation is 2. The number of ether oxygens (including phenoxy) is 2. The lowest BCUT2D eigenvalue weighted by Crippen LogP contribution is -2.36. The number of hydrogen-bond donors (Lipinski definition) is 1. The highest BCUT2D eigenvalue weighted by atomic mass is 32.2. The van der Waals surface area contributed by atoms with Gasteiger partial charge < -0.3 is 14.8 Å². The molecule has 0 atom stereocenters. The van der Waals surface area contributed by atoms with Gasteiger partial charge in [-0.15, -0.1) is 6.42 Å². The van der Waals surface area contributed by atoms with Crippen molar-refractivity contribution in [3.8, 4) is 23.8 Å². The SMILES string of the molecule is C#CCOc1ccc(/C=C2\SC(=O)N(CC(=O)Nc3cc(C)ccc3C)C2=O)cc1OC. The predicted octanol–water partition coefficient (Wildman–Crippen LogP) is 4.00. The van der Waals surface area contributed by atoms with E-state index in [1.807, 2.05) is 32.0 Å². The lowest BCUT2D eigenvalue weighted by atomic mass is 10.1. The molecule has 2 aromatic rings. The Morgan fingerprint density at radius 1 is 1.19 bits per heavy atom. The molecule has 3 rings (SSSR count). The lowest BCUT2D eigenvalue weighted by molar-refractivity contribution is -0.127. The molecule has 32 heavy (non-hydrogen) atoms. The Morgan fingerprint density at radius 3 is 2.69 bits per heavy atom. The Bertz CT molecular complexity index is 1150. The van der Waals surface area contributed by atoms with E-state index in [0.717, 1.165) is 27.8 Å². The molecule has 7 nitrogen and oxygen atoms in total. The number of benzene rings is 2. The Labute approximate surface area is 190 Å². The van der Waals surface area contributed by atoms with Gasteiger partial charge in [-0.2, -0.15) is 0 Å². The summed E-state index contributed by atoms with van der Waals surface area (Å²) in [6.07, 6.45) is 6.78. The fourth-order valence-electron chi connectivity index (χ4n) is 3.00. The molecule has 3 amide bonds. The van der Waals surface area contributed by atoms with Gasteiger partial charge in [-0.1, -0.05) is 24.1 Å².